The summed E-state index contributed by atoms with van der Waals surface area (Å²) in [6.45, 7) is 1.87. The van der Waals surface area contributed by atoms with Crippen LogP contribution in [0.15, 0.2) is 24.3 Å². The highest BCUT2D eigenvalue weighted by Gasteiger charge is 2.42. The molecule has 0 bridgehead atoms. The van der Waals surface area contributed by atoms with E-state index in [0.29, 0.717) is 5.69 Å². The maximum absolute atomic E-state index is 12.1. The standard InChI is InChI=1S/C13H16ClNO4S/c1-9-3-2-4-10(5-9)15(13(17)6-14)11-7-20(18,19)8-12(11)16/h2-5,11-12,16H,6-8H2,1H3/t11-,12+/m0/s1. The van der Waals surface area contributed by atoms with Crippen molar-refractivity contribution in [2.24, 2.45) is 0 Å². The normalized spacial score (nSPS) is 24.6. The van der Waals surface area contributed by atoms with Gasteiger partial charge in [-0.05, 0) is 24.6 Å². The fourth-order valence-corrected chi connectivity index (χ4v) is 4.32. The predicted octanol–water partition coefficient (Wildman–Crippen LogP) is 0.725. The Kier molecular flexibility index (Phi) is 4.36. The van der Waals surface area contributed by atoms with Crippen molar-refractivity contribution in [2.75, 3.05) is 22.3 Å². The monoisotopic (exact) mass is 317 g/mol. The minimum absolute atomic E-state index is 0.245. The second kappa shape index (κ2) is 5.71. The number of benzene rings is 1. The van der Waals surface area contributed by atoms with E-state index in [1.54, 1.807) is 18.2 Å². The van der Waals surface area contributed by atoms with E-state index >= 15 is 0 Å². The van der Waals surface area contributed by atoms with Crippen LogP contribution in [0.5, 0.6) is 0 Å². The van der Waals surface area contributed by atoms with Gasteiger partial charge in [0.05, 0.1) is 23.7 Å². The van der Waals surface area contributed by atoms with E-state index in [9.17, 15) is 18.3 Å². The highest BCUT2D eigenvalue weighted by molar-refractivity contribution is 7.91. The molecule has 1 saturated heterocycles. The number of sulfone groups is 1. The molecule has 1 aromatic rings. The van der Waals surface area contributed by atoms with Gasteiger partial charge in [-0.1, -0.05) is 12.1 Å². The van der Waals surface area contributed by atoms with Crippen molar-refractivity contribution in [3.63, 3.8) is 0 Å². The van der Waals surface area contributed by atoms with E-state index in [1.807, 2.05) is 13.0 Å². The van der Waals surface area contributed by atoms with Crippen LogP contribution in [0.4, 0.5) is 5.69 Å². The van der Waals surface area contributed by atoms with Crippen LogP contribution in [-0.2, 0) is 14.6 Å². The molecular formula is C13H16ClNO4S. The molecule has 1 fully saturated rings. The SMILES string of the molecule is Cc1cccc(N(C(=O)CCl)[C@H]2CS(=O)(=O)C[C@H]2O)c1. The van der Waals surface area contributed by atoms with Crippen LogP contribution in [0.3, 0.4) is 0 Å². The molecule has 0 aromatic heterocycles. The number of nitrogens with zero attached hydrogens (tertiary/aromatic N) is 1. The number of aliphatic hydroxyl groups is 1. The van der Waals surface area contributed by atoms with Gasteiger partial charge in [0.25, 0.3) is 0 Å². The molecular weight excluding hydrogens is 302 g/mol. The van der Waals surface area contributed by atoms with Crippen molar-refractivity contribution >= 4 is 33.0 Å². The highest BCUT2D eigenvalue weighted by atomic mass is 35.5. The van der Waals surface area contributed by atoms with Crippen molar-refractivity contribution in [1.29, 1.82) is 0 Å². The number of amides is 1. The van der Waals surface area contributed by atoms with E-state index in [1.165, 1.54) is 4.90 Å². The summed E-state index contributed by atoms with van der Waals surface area (Å²) in [6, 6.07) is 6.33. The summed E-state index contributed by atoms with van der Waals surface area (Å²) in [5, 5.41) is 9.95. The number of rotatable bonds is 3. The van der Waals surface area contributed by atoms with Crippen LogP contribution < -0.4 is 4.90 Å². The Bertz CT molecular complexity index is 617. The first-order valence-electron chi connectivity index (χ1n) is 6.17. The van der Waals surface area contributed by atoms with Gasteiger partial charge in [-0.15, -0.1) is 11.6 Å². The third kappa shape index (κ3) is 3.13. The maximum atomic E-state index is 12.1. The van der Waals surface area contributed by atoms with Crippen LogP contribution in [0.25, 0.3) is 0 Å². The lowest BCUT2D eigenvalue weighted by molar-refractivity contribution is -0.117. The van der Waals surface area contributed by atoms with E-state index in [-0.39, 0.29) is 17.4 Å². The van der Waals surface area contributed by atoms with Gasteiger partial charge in [-0.3, -0.25) is 4.79 Å². The molecule has 1 aliphatic rings. The third-order valence-electron chi connectivity index (χ3n) is 3.29. The number of aliphatic hydroxyl groups excluding tert-OH is 1. The number of alkyl halides is 1. The molecule has 1 heterocycles. The summed E-state index contributed by atoms with van der Waals surface area (Å²) >= 11 is 5.61. The van der Waals surface area contributed by atoms with Crippen LogP contribution in [-0.4, -0.2) is 49.0 Å². The smallest absolute Gasteiger partial charge is 0.242 e. The molecule has 0 unspecified atom stereocenters. The van der Waals surface area contributed by atoms with Gasteiger partial charge in [0.15, 0.2) is 9.84 Å². The lowest BCUT2D eigenvalue weighted by Gasteiger charge is -2.30. The lowest BCUT2D eigenvalue weighted by Crippen LogP contribution is -2.47. The second-order valence-electron chi connectivity index (χ2n) is 4.95. The predicted molar refractivity (Wildman–Crippen MR) is 77.8 cm³/mol. The molecule has 1 N–H and O–H groups in total. The molecule has 0 radical (unpaired) electrons. The molecule has 1 aliphatic heterocycles. The van der Waals surface area contributed by atoms with E-state index in [2.05, 4.69) is 0 Å². The Hall–Kier alpha value is -1.11. The Morgan fingerprint density at radius 2 is 2.15 bits per heavy atom. The first-order valence-corrected chi connectivity index (χ1v) is 8.53. The van der Waals surface area contributed by atoms with Crippen LogP contribution in [0, 0.1) is 6.92 Å². The zero-order valence-corrected chi connectivity index (χ0v) is 12.6. The number of hydrogen-bond donors (Lipinski definition) is 1. The molecule has 5 nitrogen and oxygen atoms in total. The molecule has 0 saturated carbocycles. The van der Waals surface area contributed by atoms with E-state index in [4.69, 9.17) is 11.6 Å². The summed E-state index contributed by atoms with van der Waals surface area (Å²) in [6.07, 6.45) is -1.09. The summed E-state index contributed by atoms with van der Waals surface area (Å²) in [5.74, 6) is -1.25. The fraction of sp³-hybridized carbons (Fsp3) is 0.462. The minimum atomic E-state index is -3.34. The second-order valence-corrected chi connectivity index (χ2v) is 7.37. The van der Waals surface area contributed by atoms with Gasteiger partial charge < -0.3 is 10.0 Å². The molecule has 7 heteroatoms. The quantitative estimate of drug-likeness (QED) is 0.834. The van der Waals surface area contributed by atoms with Crippen molar-refractivity contribution < 1.29 is 18.3 Å². The molecule has 0 aliphatic carbocycles. The molecule has 1 aromatic carbocycles. The summed E-state index contributed by atoms with van der Waals surface area (Å²) in [7, 11) is -3.34. The zero-order chi connectivity index (χ0) is 14.9. The highest BCUT2D eigenvalue weighted by Crippen LogP contribution is 2.26. The Morgan fingerprint density at radius 1 is 1.45 bits per heavy atom. The van der Waals surface area contributed by atoms with Gasteiger partial charge in [0.1, 0.15) is 5.88 Å². The summed E-state index contributed by atoms with van der Waals surface area (Å²) in [5.41, 5.74) is 1.49. The van der Waals surface area contributed by atoms with Gasteiger partial charge >= 0.3 is 0 Å². The van der Waals surface area contributed by atoms with Gasteiger partial charge in [-0.2, -0.15) is 0 Å². The Balaban J connectivity index is 2.41. The fourth-order valence-electron chi connectivity index (χ4n) is 2.42. The van der Waals surface area contributed by atoms with Gasteiger partial charge in [-0.25, -0.2) is 8.42 Å². The molecule has 110 valence electrons. The summed E-state index contributed by atoms with van der Waals surface area (Å²) < 4.78 is 23.3. The number of carbonyl (C=O) groups is 1. The Morgan fingerprint density at radius 3 is 2.65 bits per heavy atom. The number of hydrogen-bond acceptors (Lipinski definition) is 4. The molecule has 2 atom stereocenters. The number of halogens is 1. The van der Waals surface area contributed by atoms with Crippen molar-refractivity contribution in [2.45, 2.75) is 19.1 Å². The number of anilines is 1. The topological polar surface area (TPSA) is 74.7 Å². The molecule has 20 heavy (non-hydrogen) atoms. The van der Waals surface area contributed by atoms with Crippen LogP contribution in [0.1, 0.15) is 5.56 Å². The van der Waals surface area contributed by atoms with Crippen molar-refractivity contribution in [3.8, 4) is 0 Å². The van der Waals surface area contributed by atoms with Crippen molar-refractivity contribution in [3.05, 3.63) is 29.8 Å². The lowest BCUT2D eigenvalue weighted by atomic mass is 10.1. The van der Waals surface area contributed by atoms with Gasteiger partial charge in [0.2, 0.25) is 5.91 Å². The van der Waals surface area contributed by atoms with Crippen LogP contribution in [0.2, 0.25) is 0 Å². The van der Waals surface area contributed by atoms with Gasteiger partial charge in [0, 0.05) is 5.69 Å². The third-order valence-corrected chi connectivity index (χ3v) is 5.22. The van der Waals surface area contributed by atoms with E-state index < -0.39 is 27.9 Å². The number of aryl methyl sites for hydroxylation is 1. The first-order chi connectivity index (χ1) is 9.34. The average molecular weight is 318 g/mol. The van der Waals surface area contributed by atoms with Crippen LogP contribution >= 0.6 is 11.6 Å². The minimum Gasteiger partial charge on any atom is -0.390 e. The largest absolute Gasteiger partial charge is 0.390 e. The molecule has 1 amide bonds. The molecule has 2 rings (SSSR count). The number of carbonyl (C=O) groups excluding carboxylic acids is 1. The van der Waals surface area contributed by atoms with E-state index in [0.717, 1.165) is 5.56 Å². The Labute approximate surface area is 123 Å². The summed E-state index contributed by atoms with van der Waals surface area (Å²) in [4.78, 5) is 13.4. The van der Waals surface area contributed by atoms with Crippen molar-refractivity contribution in [1.82, 2.24) is 0 Å². The first kappa shape index (κ1) is 15.3. The molecule has 0 spiro atoms. The average Bonchev–Trinajstić information content (AvgIpc) is 2.63. The maximum Gasteiger partial charge on any atom is 0.242 e. The zero-order valence-electron chi connectivity index (χ0n) is 11.0.